The highest BCUT2D eigenvalue weighted by Gasteiger charge is 2.35. The van der Waals surface area contributed by atoms with E-state index < -0.39 is 22.0 Å². The second kappa shape index (κ2) is 11.3. The summed E-state index contributed by atoms with van der Waals surface area (Å²) in [5.41, 5.74) is 1.71. The fraction of sp³-hybridized carbons (Fsp3) is 0.296. The molecule has 0 aliphatic carbocycles. The Balaban J connectivity index is 1.48. The minimum Gasteiger partial charge on any atom is -0.437 e. The quantitative estimate of drug-likeness (QED) is 0.262. The molecular weight excluding hydrogens is 545 g/mol. The summed E-state index contributed by atoms with van der Waals surface area (Å²) in [6.45, 7) is 3.49. The zero-order valence-corrected chi connectivity index (χ0v) is 22.3. The lowest BCUT2D eigenvalue weighted by Crippen LogP contribution is -2.38. The van der Waals surface area contributed by atoms with E-state index >= 15 is 0 Å². The summed E-state index contributed by atoms with van der Waals surface area (Å²) in [7, 11) is -4.68. The van der Waals surface area contributed by atoms with Crippen LogP contribution in [0.4, 0.5) is 24.8 Å². The molecule has 3 heterocycles. The third kappa shape index (κ3) is 6.59. The fourth-order valence-corrected chi connectivity index (χ4v) is 5.63. The van der Waals surface area contributed by atoms with Crippen molar-refractivity contribution in [2.24, 2.45) is 0 Å². The monoisotopic (exact) mass is 572 g/mol. The summed E-state index contributed by atoms with van der Waals surface area (Å²) < 4.78 is 71.2. The normalized spacial score (nSPS) is 16.1. The van der Waals surface area contributed by atoms with Crippen LogP contribution in [0.25, 0.3) is 22.0 Å². The molecule has 3 N–H and O–H groups in total. The molecule has 1 saturated heterocycles. The highest BCUT2D eigenvalue weighted by Crippen LogP contribution is 2.40. The van der Waals surface area contributed by atoms with Crippen molar-refractivity contribution < 1.29 is 26.3 Å². The minimum atomic E-state index is -4.88. The van der Waals surface area contributed by atoms with Gasteiger partial charge in [-0.3, -0.25) is 4.72 Å². The molecule has 4 aromatic rings. The molecular formula is C27H27F3N6O3S. The number of aromatic nitrogens is 3. The average molecular weight is 573 g/mol. The van der Waals surface area contributed by atoms with Crippen molar-refractivity contribution in [3.05, 3.63) is 66.5 Å². The Bertz CT molecular complexity index is 1630. The molecule has 2 aromatic heterocycles. The number of hydrogen-bond acceptors (Lipinski definition) is 8. The Morgan fingerprint density at radius 3 is 2.62 bits per heavy atom. The first-order valence-corrected chi connectivity index (χ1v) is 14.3. The molecule has 1 atom stereocenters. The first-order valence-electron chi connectivity index (χ1n) is 12.6. The van der Waals surface area contributed by atoms with Crippen molar-refractivity contribution >= 4 is 32.4 Å². The number of halogens is 3. The molecule has 0 bridgehead atoms. The Morgan fingerprint density at radius 1 is 1.07 bits per heavy atom. The SMILES string of the molecule is Cc1cc(NS(=O)(=O)CC(F)(F)F)c2ccccc2c1Oc1ncccc1-c1ccnc(N[C@H]2CCCNC2)n1. The minimum absolute atomic E-state index is 0.0228. The number of rotatable bonds is 8. The number of fused-ring (bicyclic) bond motifs is 1. The predicted molar refractivity (Wildman–Crippen MR) is 147 cm³/mol. The van der Waals surface area contributed by atoms with Crippen molar-refractivity contribution in [1.29, 1.82) is 0 Å². The standard InChI is InChI=1S/C27H27F3N6O3S/c1-17-14-23(36-40(37,38)16-27(28,29)30)19-7-2-3-8-20(19)24(17)39-25-21(9-5-12-32-25)22-10-13-33-26(35-22)34-18-6-4-11-31-15-18/h2-3,5,7-10,12-14,18,31,36H,4,6,11,15-16H2,1H3,(H,33,34,35)/t18-/m0/s1. The number of pyridine rings is 1. The summed E-state index contributed by atoms with van der Waals surface area (Å²) in [5, 5.41) is 7.58. The first kappa shape index (κ1) is 27.6. The third-order valence-electron chi connectivity index (χ3n) is 6.33. The Labute approximate surface area is 229 Å². The topological polar surface area (TPSA) is 118 Å². The Hall–Kier alpha value is -3.97. The van der Waals surface area contributed by atoms with Crippen LogP contribution in [-0.2, 0) is 10.0 Å². The molecule has 9 nitrogen and oxygen atoms in total. The van der Waals surface area contributed by atoms with Gasteiger partial charge < -0.3 is 15.4 Å². The molecule has 210 valence electrons. The maximum Gasteiger partial charge on any atom is 0.404 e. The molecule has 0 unspecified atom stereocenters. The van der Waals surface area contributed by atoms with Gasteiger partial charge in [-0.2, -0.15) is 13.2 Å². The van der Waals surface area contributed by atoms with Gasteiger partial charge in [0.1, 0.15) is 5.75 Å². The molecule has 0 amide bonds. The molecule has 1 fully saturated rings. The number of alkyl halides is 3. The van der Waals surface area contributed by atoms with Gasteiger partial charge in [-0.15, -0.1) is 0 Å². The molecule has 0 saturated carbocycles. The number of sulfonamides is 1. The van der Waals surface area contributed by atoms with Crippen molar-refractivity contribution in [3.8, 4) is 22.9 Å². The van der Waals surface area contributed by atoms with Gasteiger partial charge in [0, 0.05) is 35.8 Å². The van der Waals surface area contributed by atoms with Crippen LogP contribution in [0.15, 0.2) is 60.9 Å². The number of ether oxygens (including phenoxy) is 1. The van der Waals surface area contributed by atoms with E-state index in [0.29, 0.717) is 39.3 Å². The first-order chi connectivity index (χ1) is 19.1. The van der Waals surface area contributed by atoms with Crippen LogP contribution in [-0.4, -0.2) is 54.4 Å². The molecule has 40 heavy (non-hydrogen) atoms. The molecule has 0 spiro atoms. The van der Waals surface area contributed by atoms with Crippen LogP contribution in [0.2, 0.25) is 0 Å². The highest BCUT2D eigenvalue weighted by molar-refractivity contribution is 7.92. The van der Waals surface area contributed by atoms with E-state index in [-0.39, 0.29) is 17.6 Å². The molecule has 2 aromatic carbocycles. The molecule has 1 aliphatic rings. The average Bonchev–Trinajstić information content (AvgIpc) is 2.90. The van der Waals surface area contributed by atoms with Gasteiger partial charge in [0.15, 0.2) is 5.75 Å². The zero-order valence-electron chi connectivity index (χ0n) is 21.5. The summed E-state index contributed by atoms with van der Waals surface area (Å²) in [6, 6.07) is 13.7. The van der Waals surface area contributed by atoms with Crippen molar-refractivity contribution in [2.45, 2.75) is 32.0 Å². The van der Waals surface area contributed by atoms with Crippen molar-refractivity contribution in [2.75, 3.05) is 28.9 Å². The van der Waals surface area contributed by atoms with Crippen molar-refractivity contribution in [1.82, 2.24) is 20.3 Å². The van der Waals surface area contributed by atoms with Crippen LogP contribution in [0, 0.1) is 6.92 Å². The zero-order chi connectivity index (χ0) is 28.3. The lowest BCUT2D eigenvalue weighted by molar-refractivity contribution is -0.106. The number of nitrogens with zero attached hydrogens (tertiary/aromatic N) is 3. The number of nitrogens with one attached hydrogen (secondary N) is 3. The van der Waals surface area contributed by atoms with E-state index in [4.69, 9.17) is 4.74 Å². The van der Waals surface area contributed by atoms with Gasteiger partial charge in [0.2, 0.25) is 21.9 Å². The van der Waals surface area contributed by atoms with E-state index in [0.717, 1.165) is 25.9 Å². The molecule has 13 heteroatoms. The number of benzene rings is 2. The van der Waals surface area contributed by atoms with E-state index in [2.05, 4.69) is 30.3 Å². The smallest absolute Gasteiger partial charge is 0.404 e. The van der Waals surface area contributed by atoms with Crippen LogP contribution in [0.1, 0.15) is 18.4 Å². The lowest BCUT2D eigenvalue weighted by atomic mass is 10.0. The fourth-order valence-electron chi connectivity index (χ4n) is 4.63. The van der Waals surface area contributed by atoms with Gasteiger partial charge in [-0.25, -0.2) is 23.4 Å². The van der Waals surface area contributed by atoms with E-state index in [1.165, 1.54) is 6.07 Å². The summed E-state index contributed by atoms with van der Waals surface area (Å²) in [4.78, 5) is 13.4. The van der Waals surface area contributed by atoms with Gasteiger partial charge in [-0.1, -0.05) is 24.3 Å². The molecule has 0 radical (unpaired) electrons. The van der Waals surface area contributed by atoms with Crippen LogP contribution >= 0.6 is 0 Å². The van der Waals surface area contributed by atoms with Crippen LogP contribution in [0.5, 0.6) is 11.6 Å². The van der Waals surface area contributed by atoms with Crippen LogP contribution < -0.4 is 20.1 Å². The number of hydrogen-bond donors (Lipinski definition) is 3. The lowest BCUT2D eigenvalue weighted by Gasteiger charge is -2.23. The number of aryl methyl sites for hydroxylation is 1. The van der Waals surface area contributed by atoms with Crippen LogP contribution in [0.3, 0.4) is 0 Å². The number of anilines is 2. The van der Waals surface area contributed by atoms with E-state index in [1.54, 1.807) is 55.7 Å². The Morgan fingerprint density at radius 2 is 1.88 bits per heavy atom. The molecule has 5 rings (SSSR count). The Kier molecular flexibility index (Phi) is 7.76. The van der Waals surface area contributed by atoms with Gasteiger partial charge in [0.25, 0.3) is 0 Å². The second-order valence-electron chi connectivity index (χ2n) is 9.50. The van der Waals surface area contributed by atoms with Crippen molar-refractivity contribution in [3.63, 3.8) is 0 Å². The van der Waals surface area contributed by atoms with Gasteiger partial charge >= 0.3 is 6.18 Å². The van der Waals surface area contributed by atoms with E-state index in [1.807, 2.05) is 6.07 Å². The largest absolute Gasteiger partial charge is 0.437 e. The van der Waals surface area contributed by atoms with Gasteiger partial charge in [0.05, 0.1) is 16.9 Å². The number of piperidine rings is 1. The highest BCUT2D eigenvalue weighted by atomic mass is 32.2. The van der Waals surface area contributed by atoms with Gasteiger partial charge in [-0.05, 0) is 56.1 Å². The summed E-state index contributed by atoms with van der Waals surface area (Å²) in [5.74, 6) is -0.867. The predicted octanol–water partition coefficient (Wildman–Crippen LogP) is 5.26. The maximum absolute atomic E-state index is 12.8. The van der Waals surface area contributed by atoms with E-state index in [9.17, 15) is 21.6 Å². The summed E-state index contributed by atoms with van der Waals surface area (Å²) >= 11 is 0. The molecule has 1 aliphatic heterocycles. The summed E-state index contributed by atoms with van der Waals surface area (Å²) in [6.07, 6.45) is 0.424. The maximum atomic E-state index is 12.8. The second-order valence-corrected chi connectivity index (χ2v) is 11.2. The third-order valence-corrected chi connectivity index (χ3v) is 7.57.